The second kappa shape index (κ2) is 9.94. The quantitative estimate of drug-likeness (QED) is 0.299. The van der Waals surface area contributed by atoms with Crippen LogP contribution in [0.4, 0.5) is 0 Å². The average molecular weight is 498 g/mol. The molecule has 0 bridgehead atoms. The van der Waals surface area contributed by atoms with E-state index in [9.17, 15) is 14.4 Å². The lowest BCUT2D eigenvalue weighted by Crippen LogP contribution is -2.41. The van der Waals surface area contributed by atoms with Gasteiger partial charge in [0.1, 0.15) is 18.0 Å². The van der Waals surface area contributed by atoms with Gasteiger partial charge in [-0.1, -0.05) is 29.4 Å². The van der Waals surface area contributed by atoms with Gasteiger partial charge in [-0.3, -0.25) is 18.7 Å². The summed E-state index contributed by atoms with van der Waals surface area (Å²) >= 11 is 0. The number of ether oxygens (including phenoxy) is 2. The lowest BCUT2D eigenvalue weighted by molar-refractivity contribution is 0.0971. The lowest BCUT2D eigenvalue weighted by Gasteiger charge is -2.13. The van der Waals surface area contributed by atoms with Crippen LogP contribution in [-0.4, -0.2) is 39.3 Å². The molecule has 0 saturated carbocycles. The summed E-state index contributed by atoms with van der Waals surface area (Å²) < 4.78 is 18.0. The van der Waals surface area contributed by atoms with Crippen molar-refractivity contribution in [2.45, 2.75) is 13.1 Å². The van der Waals surface area contributed by atoms with Crippen LogP contribution in [0.2, 0.25) is 0 Å². The molecule has 2 heterocycles. The first kappa shape index (κ1) is 23.7. The summed E-state index contributed by atoms with van der Waals surface area (Å²) in [6, 6.07) is 20.4. The molecule has 0 unspecified atom stereocenters. The zero-order valence-corrected chi connectivity index (χ0v) is 20.1. The third-order valence-corrected chi connectivity index (χ3v) is 5.94. The van der Waals surface area contributed by atoms with Gasteiger partial charge in [0.15, 0.2) is 5.78 Å². The van der Waals surface area contributed by atoms with E-state index >= 15 is 0 Å². The fourth-order valence-electron chi connectivity index (χ4n) is 4.01. The minimum atomic E-state index is -0.663. The van der Waals surface area contributed by atoms with Crippen LogP contribution < -0.4 is 20.7 Å². The molecule has 2 aromatic heterocycles. The Bertz CT molecular complexity index is 1720. The summed E-state index contributed by atoms with van der Waals surface area (Å²) in [4.78, 5) is 44.2. The maximum atomic E-state index is 13.5. The van der Waals surface area contributed by atoms with Gasteiger partial charge in [0, 0.05) is 11.1 Å². The number of hydrogen-bond acceptors (Lipinski definition) is 8. The highest BCUT2D eigenvalue weighted by Gasteiger charge is 2.19. The van der Waals surface area contributed by atoms with Crippen molar-refractivity contribution in [1.82, 2.24) is 19.3 Å². The summed E-state index contributed by atoms with van der Waals surface area (Å²) in [5, 5.41) is 4.26. The van der Waals surface area contributed by atoms with Crippen molar-refractivity contribution in [3.8, 4) is 22.9 Å². The molecule has 37 heavy (non-hydrogen) atoms. The van der Waals surface area contributed by atoms with E-state index in [4.69, 9.17) is 14.0 Å². The van der Waals surface area contributed by atoms with E-state index in [0.717, 1.165) is 4.57 Å². The number of benzene rings is 3. The molecule has 3 aromatic carbocycles. The fraction of sp³-hybridized carbons (Fsp3) is 0.148. The second-order valence-corrected chi connectivity index (χ2v) is 8.17. The van der Waals surface area contributed by atoms with Crippen molar-refractivity contribution in [1.29, 1.82) is 0 Å². The van der Waals surface area contributed by atoms with E-state index in [2.05, 4.69) is 10.1 Å². The SMILES string of the molecule is COc1ccc(-c2noc(Cn3c(=O)c4ccccc4n(CC(=O)c4cccc(OC)c4)c3=O)n2)cc1. The Hall–Kier alpha value is -4.99. The number of carbonyl (C=O) groups excluding carboxylic acids is 1. The molecular weight excluding hydrogens is 476 g/mol. The number of Topliss-reactive ketones (excluding diaryl/α,β-unsaturated/α-hetero) is 1. The van der Waals surface area contributed by atoms with Crippen molar-refractivity contribution >= 4 is 16.7 Å². The molecule has 0 fully saturated rings. The van der Waals surface area contributed by atoms with Crippen molar-refractivity contribution in [3.05, 3.63) is 105 Å². The fourth-order valence-corrected chi connectivity index (χ4v) is 4.01. The summed E-state index contributed by atoms with van der Waals surface area (Å²) in [6.07, 6.45) is 0. The van der Waals surface area contributed by atoms with E-state index in [1.165, 1.54) is 11.7 Å². The van der Waals surface area contributed by atoms with Gasteiger partial charge < -0.3 is 14.0 Å². The van der Waals surface area contributed by atoms with Crippen LogP contribution >= 0.6 is 0 Å². The molecule has 10 nitrogen and oxygen atoms in total. The molecule has 0 aliphatic rings. The molecule has 5 aromatic rings. The van der Waals surface area contributed by atoms with Crippen LogP contribution in [0.5, 0.6) is 11.5 Å². The number of hydrogen-bond donors (Lipinski definition) is 0. The standard InChI is InChI=1S/C27H22N4O6/c1-35-19-12-10-17(11-13-19)25-28-24(37-29-25)16-31-26(33)21-8-3-4-9-22(21)30(27(31)34)15-23(32)18-6-5-7-20(14-18)36-2/h3-14H,15-16H2,1-2H3. The van der Waals surface area contributed by atoms with Crippen molar-refractivity contribution in [3.63, 3.8) is 0 Å². The number of rotatable bonds is 8. The van der Waals surface area contributed by atoms with Crippen LogP contribution in [-0.2, 0) is 13.1 Å². The normalized spacial score (nSPS) is 11.0. The highest BCUT2D eigenvalue weighted by Crippen LogP contribution is 2.20. The first-order valence-corrected chi connectivity index (χ1v) is 11.3. The largest absolute Gasteiger partial charge is 0.497 e. The van der Waals surface area contributed by atoms with Crippen molar-refractivity contribution in [2.24, 2.45) is 0 Å². The zero-order chi connectivity index (χ0) is 25.9. The topological polar surface area (TPSA) is 118 Å². The lowest BCUT2D eigenvalue weighted by atomic mass is 10.1. The van der Waals surface area contributed by atoms with Crippen LogP contribution in [0.1, 0.15) is 16.2 Å². The van der Waals surface area contributed by atoms with Crippen LogP contribution in [0, 0.1) is 0 Å². The Balaban J connectivity index is 1.52. The third kappa shape index (κ3) is 4.64. The predicted molar refractivity (Wildman–Crippen MR) is 135 cm³/mol. The second-order valence-electron chi connectivity index (χ2n) is 8.17. The molecule has 5 rings (SSSR count). The Morgan fingerprint density at radius 2 is 1.65 bits per heavy atom. The first-order chi connectivity index (χ1) is 18.0. The third-order valence-electron chi connectivity index (χ3n) is 5.94. The summed E-state index contributed by atoms with van der Waals surface area (Å²) in [7, 11) is 3.08. The van der Waals surface area contributed by atoms with Gasteiger partial charge in [0.2, 0.25) is 11.7 Å². The van der Waals surface area contributed by atoms with E-state index in [0.29, 0.717) is 34.0 Å². The number of carbonyl (C=O) groups is 1. The van der Waals surface area contributed by atoms with Gasteiger partial charge in [-0.05, 0) is 48.5 Å². The van der Waals surface area contributed by atoms with Crippen molar-refractivity contribution in [2.75, 3.05) is 14.2 Å². The minimum Gasteiger partial charge on any atom is -0.497 e. The maximum absolute atomic E-state index is 13.5. The van der Waals surface area contributed by atoms with E-state index in [1.54, 1.807) is 79.9 Å². The maximum Gasteiger partial charge on any atom is 0.332 e. The molecule has 0 aliphatic heterocycles. The molecule has 10 heteroatoms. The van der Waals surface area contributed by atoms with Gasteiger partial charge in [0.25, 0.3) is 5.56 Å². The molecule has 0 amide bonds. The molecular formula is C27H22N4O6. The van der Waals surface area contributed by atoms with Crippen LogP contribution in [0.15, 0.2) is 86.9 Å². The molecule has 186 valence electrons. The van der Waals surface area contributed by atoms with Crippen LogP contribution in [0.25, 0.3) is 22.3 Å². The average Bonchev–Trinajstić information content (AvgIpc) is 3.42. The summed E-state index contributed by atoms with van der Waals surface area (Å²) in [6.45, 7) is -0.521. The molecule has 0 radical (unpaired) electrons. The van der Waals surface area contributed by atoms with Crippen molar-refractivity contribution < 1.29 is 18.8 Å². The summed E-state index contributed by atoms with van der Waals surface area (Å²) in [5.41, 5.74) is 0.241. The Morgan fingerprint density at radius 3 is 2.41 bits per heavy atom. The number of aromatic nitrogens is 4. The van der Waals surface area contributed by atoms with E-state index in [1.807, 2.05) is 0 Å². The first-order valence-electron chi connectivity index (χ1n) is 11.3. The molecule has 0 aliphatic carbocycles. The molecule has 0 atom stereocenters. The Kier molecular flexibility index (Phi) is 6.38. The number of ketones is 1. The predicted octanol–water partition coefficient (Wildman–Crippen LogP) is 3.16. The Labute approximate surface area is 210 Å². The van der Waals surface area contributed by atoms with Gasteiger partial charge in [-0.25, -0.2) is 4.79 Å². The minimum absolute atomic E-state index is 0.0750. The number of methoxy groups -OCH3 is 2. The number of nitrogens with zero attached hydrogens (tertiary/aromatic N) is 4. The Morgan fingerprint density at radius 1 is 0.892 bits per heavy atom. The van der Waals surface area contributed by atoms with Gasteiger partial charge in [-0.2, -0.15) is 4.98 Å². The van der Waals surface area contributed by atoms with E-state index in [-0.39, 0.29) is 30.1 Å². The smallest absolute Gasteiger partial charge is 0.332 e. The van der Waals surface area contributed by atoms with Crippen LogP contribution in [0.3, 0.4) is 0 Å². The molecule has 0 spiro atoms. The monoisotopic (exact) mass is 498 g/mol. The van der Waals surface area contributed by atoms with E-state index < -0.39 is 11.2 Å². The molecule has 0 N–H and O–H groups in total. The highest BCUT2D eigenvalue weighted by atomic mass is 16.5. The van der Waals surface area contributed by atoms with Gasteiger partial charge in [-0.15, -0.1) is 0 Å². The summed E-state index contributed by atoms with van der Waals surface area (Å²) in [5.74, 6) is 1.28. The number of para-hydroxylation sites is 1. The number of fused-ring (bicyclic) bond motifs is 1. The van der Waals surface area contributed by atoms with Gasteiger partial charge >= 0.3 is 5.69 Å². The van der Waals surface area contributed by atoms with Gasteiger partial charge in [0.05, 0.1) is 31.7 Å². The molecule has 0 saturated heterocycles. The zero-order valence-electron chi connectivity index (χ0n) is 20.1. The highest BCUT2D eigenvalue weighted by molar-refractivity contribution is 5.97.